The molecule has 90 valence electrons. The molecule has 0 fully saturated rings. The molecule has 17 heavy (non-hydrogen) atoms. The highest BCUT2D eigenvalue weighted by Crippen LogP contribution is 2.22. The van der Waals surface area contributed by atoms with Crippen LogP contribution in [-0.2, 0) is 0 Å². The van der Waals surface area contributed by atoms with Crippen LogP contribution in [0.15, 0.2) is 18.2 Å². The van der Waals surface area contributed by atoms with Crippen molar-refractivity contribution in [2.24, 2.45) is 5.73 Å². The normalized spacial score (nSPS) is 11.6. The zero-order valence-corrected chi connectivity index (χ0v) is 8.80. The van der Waals surface area contributed by atoms with Crippen molar-refractivity contribution in [2.75, 3.05) is 6.61 Å². The molecular weight excluding hydrogens is 229 g/mol. The fraction of sp³-hybridized carbons (Fsp3) is 0.300. The van der Waals surface area contributed by atoms with Crippen molar-refractivity contribution < 1.29 is 14.1 Å². The van der Waals surface area contributed by atoms with E-state index in [1.165, 1.54) is 6.07 Å². The van der Waals surface area contributed by atoms with E-state index in [1.807, 2.05) is 0 Å². The summed E-state index contributed by atoms with van der Waals surface area (Å²) in [5.41, 5.74) is 4.97. The summed E-state index contributed by atoms with van der Waals surface area (Å²) in [5.74, 6) is -0.912. The standard InChI is InChI=1S/C10H10FN3O3/c11-9-5-8(14(15)16)1-2-10(9)17-4-3-7(13)6-12/h1-2,5,7H,3-4,13H2. The Bertz CT molecular complexity index is 459. The summed E-state index contributed by atoms with van der Waals surface area (Å²) in [5, 5.41) is 18.8. The Morgan fingerprint density at radius 3 is 2.88 bits per heavy atom. The number of halogens is 1. The number of nitro benzene ring substituents is 1. The number of nitriles is 1. The Morgan fingerprint density at radius 1 is 1.65 bits per heavy atom. The van der Waals surface area contributed by atoms with Gasteiger partial charge in [0.2, 0.25) is 0 Å². The lowest BCUT2D eigenvalue weighted by Gasteiger charge is -2.07. The molecule has 2 N–H and O–H groups in total. The molecule has 1 aromatic carbocycles. The second-order valence-electron chi connectivity index (χ2n) is 3.24. The Hall–Kier alpha value is -2.20. The summed E-state index contributed by atoms with van der Waals surface area (Å²) in [4.78, 5) is 9.66. The van der Waals surface area contributed by atoms with Gasteiger partial charge in [-0.3, -0.25) is 10.1 Å². The van der Waals surface area contributed by atoms with E-state index in [0.717, 1.165) is 12.1 Å². The molecule has 6 nitrogen and oxygen atoms in total. The van der Waals surface area contributed by atoms with Gasteiger partial charge in [-0.15, -0.1) is 0 Å². The molecule has 0 radical (unpaired) electrons. The van der Waals surface area contributed by atoms with Gasteiger partial charge < -0.3 is 10.5 Å². The van der Waals surface area contributed by atoms with Crippen LogP contribution >= 0.6 is 0 Å². The summed E-state index contributed by atoms with van der Waals surface area (Å²) >= 11 is 0. The van der Waals surface area contributed by atoms with E-state index in [-0.39, 0.29) is 24.5 Å². The van der Waals surface area contributed by atoms with Crippen molar-refractivity contribution in [3.05, 3.63) is 34.1 Å². The highest BCUT2D eigenvalue weighted by molar-refractivity contribution is 5.37. The first-order valence-electron chi connectivity index (χ1n) is 4.76. The molecule has 0 aliphatic carbocycles. The summed E-state index contributed by atoms with van der Waals surface area (Å²) in [6.45, 7) is 0.0729. The van der Waals surface area contributed by atoms with Gasteiger partial charge >= 0.3 is 0 Å². The van der Waals surface area contributed by atoms with Gasteiger partial charge in [-0.2, -0.15) is 5.26 Å². The number of benzene rings is 1. The second-order valence-corrected chi connectivity index (χ2v) is 3.24. The molecule has 0 aromatic heterocycles. The minimum atomic E-state index is -0.815. The van der Waals surface area contributed by atoms with Crippen molar-refractivity contribution in [1.82, 2.24) is 0 Å². The summed E-state index contributed by atoms with van der Waals surface area (Å²) in [6.07, 6.45) is 0.257. The van der Waals surface area contributed by atoms with Crippen LogP contribution in [0.25, 0.3) is 0 Å². The van der Waals surface area contributed by atoms with Crippen LogP contribution in [0, 0.1) is 27.3 Å². The van der Waals surface area contributed by atoms with E-state index in [2.05, 4.69) is 0 Å². The predicted octanol–water partition coefficient (Wildman–Crippen LogP) is 1.35. The number of nitrogens with zero attached hydrogens (tertiary/aromatic N) is 2. The number of hydrogen-bond acceptors (Lipinski definition) is 5. The highest BCUT2D eigenvalue weighted by Gasteiger charge is 2.11. The molecule has 0 bridgehead atoms. The van der Waals surface area contributed by atoms with E-state index in [1.54, 1.807) is 6.07 Å². The zero-order chi connectivity index (χ0) is 12.8. The third kappa shape index (κ3) is 3.70. The van der Waals surface area contributed by atoms with Crippen molar-refractivity contribution >= 4 is 5.69 Å². The quantitative estimate of drug-likeness (QED) is 0.617. The molecule has 0 heterocycles. The molecular formula is C10H10FN3O3. The lowest BCUT2D eigenvalue weighted by Crippen LogP contribution is -2.20. The Kier molecular flexibility index (Phi) is 4.37. The van der Waals surface area contributed by atoms with Crippen LogP contribution in [0.3, 0.4) is 0 Å². The van der Waals surface area contributed by atoms with Crippen LogP contribution < -0.4 is 10.5 Å². The van der Waals surface area contributed by atoms with Gasteiger partial charge in [0.25, 0.3) is 5.69 Å². The van der Waals surface area contributed by atoms with Crippen LogP contribution in [0.2, 0.25) is 0 Å². The van der Waals surface area contributed by atoms with Gasteiger partial charge in [0, 0.05) is 12.5 Å². The molecule has 0 aliphatic rings. The number of ether oxygens (including phenoxy) is 1. The van der Waals surface area contributed by atoms with Gasteiger partial charge in [-0.05, 0) is 6.07 Å². The second kappa shape index (κ2) is 5.77. The summed E-state index contributed by atoms with van der Waals surface area (Å²) in [6, 6.07) is 4.23. The summed E-state index contributed by atoms with van der Waals surface area (Å²) < 4.78 is 18.3. The monoisotopic (exact) mass is 239 g/mol. The van der Waals surface area contributed by atoms with Gasteiger partial charge in [0.1, 0.15) is 0 Å². The van der Waals surface area contributed by atoms with Gasteiger partial charge in [-0.25, -0.2) is 4.39 Å². The minimum absolute atomic E-state index is 0.0729. The van der Waals surface area contributed by atoms with E-state index in [0.29, 0.717) is 0 Å². The van der Waals surface area contributed by atoms with E-state index >= 15 is 0 Å². The molecule has 1 unspecified atom stereocenters. The number of nitro groups is 1. The average molecular weight is 239 g/mol. The van der Waals surface area contributed by atoms with Gasteiger partial charge in [0.15, 0.2) is 11.6 Å². The molecule has 0 amide bonds. The van der Waals surface area contributed by atoms with Crippen molar-refractivity contribution in [3.63, 3.8) is 0 Å². The van der Waals surface area contributed by atoms with Gasteiger partial charge in [0.05, 0.1) is 29.7 Å². The Labute approximate surface area is 96.6 Å². The summed E-state index contributed by atoms with van der Waals surface area (Å²) in [7, 11) is 0. The third-order valence-corrected chi connectivity index (χ3v) is 1.98. The third-order valence-electron chi connectivity index (χ3n) is 1.98. The van der Waals surface area contributed by atoms with E-state index in [4.69, 9.17) is 15.7 Å². The SMILES string of the molecule is N#CC(N)CCOc1ccc([N+](=O)[O-])cc1F. The molecule has 0 saturated heterocycles. The molecule has 0 spiro atoms. The molecule has 0 saturated carbocycles. The smallest absolute Gasteiger partial charge is 0.272 e. The van der Waals surface area contributed by atoms with Crippen molar-refractivity contribution in [2.45, 2.75) is 12.5 Å². The molecule has 1 rings (SSSR count). The fourth-order valence-electron chi connectivity index (χ4n) is 1.08. The fourth-order valence-corrected chi connectivity index (χ4v) is 1.08. The lowest BCUT2D eigenvalue weighted by molar-refractivity contribution is -0.385. The van der Waals surface area contributed by atoms with Crippen LogP contribution in [0.4, 0.5) is 10.1 Å². The van der Waals surface area contributed by atoms with Crippen LogP contribution in [-0.4, -0.2) is 17.6 Å². The van der Waals surface area contributed by atoms with E-state index in [9.17, 15) is 14.5 Å². The Balaban J connectivity index is 2.61. The molecule has 1 atom stereocenters. The first-order valence-corrected chi connectivity index (χ1v) is 4.76. The number of non-ortho nitro benzene ring substituents is 1. The molecule has 1 aromatic rings. The first-order chi connectivity index (χ1) is 8.04. The average Bonchev–Trinajstić information content (AvgIpc) is 2.30. The van der Waals surface area contributed by atoms with Gasteiger partial charge in [-0.1, -0.05) is 0 Å². The maximum absolute atomic E-state index is 13.3. The maximum Gasteiger partial charge on any atom is 0.272 e. The zero-order valence-electron chi connectivity index (χ0n) is 8.80. The topological polar surface area (TPSA) is 102 Å². The van der Waals surface area contributed by atoms with Crippen molar-refractivity contribution in [1.29, 1.82) is 5.26 Å². The predicted molar refractivity (Wildman–Crippen MR) is 56.8 cm³/mol. The largest absolute Gasteiger partial charge is 0.490 e. The Morgan fingerprint density at radius 2 is 2.35 bits per heavy atom. The van der Waals surface area contributed by atoms with Crippen LogP contribution in [0.1, 0.15) is 6.42 Å². The number of nitrogens with two attached hydrogens (primary N) is 1. The maximum atomic E-state index is 13.3. The number of hydrogen-bond donors (Lipinski definition) is 1. The highest BCUT2D eigenvalue weighted by atomic mass is 19.1. The lowest BCUT2D eigenvalue weighted by atomic mass is 10.2. The van der Waals surface area contributed by atoms with Crippen LogP contribution in [0.5, 0.6) is 5.75 Å². The van der Waals surface area contributed by atoms with Crippen molar-refractivity contribution in [3.8, 4) is 11.8 Å². The molecule has 7 heteroatoms. The first kappa shape index (κ1) is 12.9. The molecule has 0 aliphatic heterocycles. The minimum Gasteiger partial charge on any atom is -0.490 e. The van der Waals surface area contributed by atoms with E-state index < -0.39 is 16.8 Å². The number of rotatable bonds is 5.